The second-order valence-corrected chi connectivity index (χ2v) is 10.9. The molecule has 1 atom stereocenters. The average Bonchev–Trinajstić information content (AvgIpc) is 3.29. The summed E-state index contributed by atoms with van der Waals surface area (Å²) in [6, 6.07) is 18.7. The molecule has 1 N–H and O–H groups in total. The predicted octanol–water partition coefficient (Wildman–Crippen LogP) is 4.53. The number of rotatable bonds is 6. The van der Waals surface area contributed by atoms with Gasteiger partial charge < -0.3 is 15.1 Å². The molecule has 3 aromatic carbocycles. The van der Waals surface area contributed by atoms with Crippen molar-refractivity contribution in [1.29, 1.82) is 0 Å². The van der Waals surface area contributed by atoms with Gasteiger partial charge in [0.15, 0.2) is 9.84 Å². The molecule has 0 aromatic heterocycles. The SMILES string of the molecule is CN(C)C1CCN(c2ccc(NC(=O)c3ccc(-c4ccc(S(C)(=O)=O)cc4)cc3)cc2F)C1.[HH]. The summed E-state index contributed by atoms with van der Waals surface area (Å²) in [5.74, 6) is -0.690. The Morgan fingerprint density at radius 2 is 1.65 bits per heavy atom. The first kappa shape index (κ1) is 23.9. The van der Waals surface area contributed by atoms with Crippen LogP contribution in [0.15, 0.2) is 71.6 Å². The van der Waals surface area contributed by atoms with Gasteiger partial charge in [-0.15, -0.1) is 0 Å². The van der Waals surface area contributed by atoms with Crippen LogP contribution >= 0.6 is 0 Å². The molecule has 1 aliphatic heterocycles. The molecule has 180 valence electrons. The second kappa shape index (κ2) is 9.56. The van der Waals surface area contributed by atoms with Gasteiger partial charge in [0.05, 0.1) is 10.6 Å². The smallest absolute Gasteiger partial charge is 0.255 e. The number of halogens is 1. The van der Waals surface area contributed by atoms with Crippen LogP contribution in [-0.2, 0) is 9.84 Å². The molecular weight excluding hydrogens is 453 g/mol. The minimum absolute atomic E-state index is 0. The summed E-state index contributed by atoms with van der Waals surface area (Å²) in [5.41, 5.74) is 3.09. The van der Waals surface area contributed by atoms with E-state index < -0.39 is 9.84 Å². The zero-order valence-corrected chi connectivity index (χ0v) is 20.3. The van der Waals surface area contributed by atoms with Gasteiger partial charge in [0.2, 0.25) is 0 Å². The van der Waals surface area contributed by atoms with Gasteiger partial charge in [-0.25, -0.2) is 12.8 Å². The maximum atomic E-state index is 14.8. The molecule has 8 heteroatoms. The number of carbonyl (C=O) groups excluding carboxylic acids is 1. The Kier molecular flexibility index (Phi) is 6.72. The van der Waals surface area contributed by atoms with Crippen molar-refractivity contribution in [2.75, 3.05) is 43.7 Å². The van der Waals surface area contributed by atoms with E-state index in [2.05, 4.69) is 10.2 Å². The Balaban J connectivity index is 0.00000342. The fraction of sp³-hybridized carbons (Fsp3) is 0.269. The standard InChI is InChI=1S/C26H28FN3O3S.H2/c1-29(2)22-14-15-30(17-22)25-13-10-21(16-24(25)27)28-26(31)20-6-4-18(5-7-20)19-8-11-23(12-9-19)34(3,32)33;/h4-13,16,22H,14-15,17H2,1-3H3,(H,28,31);1H. The lowest BCUT2D eigenvalue weighted by Gasteiger charge is -2.22. The normalized spacial score (nSPS) is 16.1. The average molecular weight is 484 g/mol. The molecule has 0 radical (unpaired) electrons. The van der Waals surface area contributed by atoms with Crippen LogP contribution in [0.3, 0.4) is 0 Å². The van der Waals surface area contributed by atoms with Crippen molar-refractivity contribution in [3.63, 3.8) is 0 Å². The monoisotopic (exact) mass is 483 g/mol. The number of amides is 1. The lowest BCUT2D eigenvalue weighted by molar-refractivity contribution is 0.102. The first-order chi connectivity index (χ1) is 16.1. The van der Waals surface area contributed by atoms with Gasteiger partial charge in [-0.2, -0.15) is 0 Å². The number of hydrogen-bond acceptors (Lipinski definition) is 5. The molecule has 4 rings (SSSR count). The Bertz CT molecular complexity index is 1300. The van der Waals surface area contributed by atoms with E-state index in [0.29, 0.717) is 23.0 Å². The molecule has 0 spiro atoms. The third kappa shape index (κ3) is 5.29. The zero-order chi connectivity index (χ0) is 24.5. The van der Waals surface area contributed by atoms with Crippen LogP contribution in [0.25, 0.3) is 11.1 Å². The summed E-state index contributed by atoms with van der Waals surface area (Å²) in [5, 5.41) is 2.75. The molecule has 3 aromatic rings. The molecular formula is C26H30FN3O3S. The fourth-order valence-electron chi connectivity index (χ4n) is 4.14. The van der Waals surface area contributed by atoms with E-state index in [1.165, 1.54) is 12.3 Å². The highest BCUT2D eigenvalue weighted by Crippen LogP contribution is 2.28. The van der Waals surface area contributed by atoms with Crippen LogP contribution in [0, 0.1) is 5.82 Å². The molecule has 34 heavy (non-hydrogen) atoms. The van der Waals surface area contributed by atoms with E-state index in [4.69, 9.17) is 0 Å². The largest absolute Gasteiger partial charge is 0.368 e. The van der Waals surface area contributed by atoms with Crippen LogP contribution < -0.4 is 10.2 Å². The minimum Gasteiger partial charge on any atom is -0.368 e. The number of anilines is 2. The Morgan fingerprint density at radius 3 is 2.18 bits per heavy atom. The number of carbonyl (C=O) groups is 1. The van der Waals surface area contributed by atoms with Crippen molar-refractivity contribution in [3.8, 4) is 11.1 Å². The van der Waals surface area contributed by atoms with Gasteiger partial charge in [-0.05, 0) is 74.1 Å². The summed E-state index contributed by atoms with van der Waals surface area (Å²) < 4.78 is 38.0. The van der Waals surface area contributed by atoms with Crippen LogP contribution in [0.4, 0.5) is 15.8 Å². The third-order valence-corrected chi connectivity index (χ3v) is 7.33. The van der Waals surface area contributed by atoms with Crippen LogP contribution in [-0.4, -0.2) is 58.7 Å². The molecule has 0 bridgehead atoms. The fourth-order valence-corrected chi connectivity index (χ4v) is 4.77. The Morgan fingerprint density at radius 1 is 1.03 bits per heavy atom. The molecule has 6 nitrogen and oxygen atoms in total. The number of benzene rings is 3. The second-order valence-electron chi connectivity index (χ2n) is 8.85. The van der Waals surface area contributed by atoms with E-state index >= 15 is 0 Å². The maximum Gasteiger partial charge on any atom is 0.255 e. The third-order valence-electron chi connectivity index (χ3n) is 6.20. The number of hydrogen-bond donors (Lipinski definition) is 1. The van der Waals surface area contributed by atoms with Gasteiger partial charge >= 0.3 is 0 Å². The van der Waals surface area contributed by atoms with Gasteiger partial charge in [0.1, 0.15) is 5.82 Å². The topological polar surface area (TPSA) is 69.7 Å². The highest BCUT2D eigenvalue weighted by molar-refractivity contribution is 7.90. The van der Waals surface area contributed by atoms with Crippen LogP contribution in [0.5, 0.6) is 0 Å². The number of nitrogens with zero attached hydrogens (tertiary/aromatic N) is 2. The van der Waals surface area contributed by atoms with Gasteiger partial charge in [-0.1, -0.05) is 24.3 Å². The summed E-state index contributed by atoms with van der Waals surface area (Å²) >= 11 is 0. The zero-order valence-electron chi connectivity index (χ0n) is 19.5. The van der Waals surface area contributed by atoms with E-state index in [-0.39, 0.29) is 18.0 Å². The quantitative estimate of drug-likeness (QED) is 0.558. The van der Waals surface area contributed by atoms with Crippen molar-refractivity contribution in [3.05, 3.63) is 78.1 Å². The molecule has 1 aliphatic rings. The van der Waals surface area contributed by atoms with E-state index in [9.17, 15) is 17.6 Å². The maximum absolute atomic E-state index is 14.8. The molecule has 1 saturated heterocycles. The van der Waals surface area contributed by atoms with Crippen molar-refractivity contribution in [2.45, 2.75) is 17.4 Å². The molecule has 1 fully saturated rings. The highest BCUT2D eigenvalue weighted by Gasteiger charge is 2.26. The molecule has 1 unspecified atom stereocenters. The lowest BCUT2D eigenvalue weighted by Crippen LogP contribution is -2.31. The summed E-state index contributed by atoms with van der Waals surface area (Å²) in [6.07, 6.45) is 2.16. The van der Waals surface area contributed by atoms with Crippen molar-refractivity contribution < 1.29 is 19.0 Å². The minimum atomic E-state index is -3.25. The van der Waals surface area contributed by atoms with Crippen molar-refractivity contribution in [1.82, 2.24) is 4.90 Å². The molecule has 0 aliphatic carbocycles. The highest BCUT2D eigenvalue weighted by atomic mass is 32.2. The Hall–Kier alpha value is -3.23. The summed E-state index contributed by atoms with van der Waals surface area (Å²) in [7, 11) is 0.814. The van der Waals surface area contributed by atoms with E-state index in [0.717, 1.165) is 30.6 Å². The van der Waals surface area contributed by atoms with Crippen molar-refractivity contribution in [2.24, 2.45) is 0 Å². The van der Waals surface area contributed by atoms with E-state index in [1.807, 2.05) is 19.0 Å². The summed E-state index contributed by atoms with van der Waals surface area (Å²) in [6.45, 7) is 1.58. The van der Waals surface area contributed by atoms with E-state index in [1.54, 1.807) is 60.7 Å². The van der Waals surface area contributed by atoms with Crippen molar-refractivity contribution >= 4 is 27.1 Å². The first-order valence-electron chi connectivity index (χ1n) is 11.0. The first-order valence-corrected chi connectivity index (χ1v) is 12.9. The lowest BCUT2D eigenvalue weighted by atomic mass is 10.0. The number of sulfone groups is 1. The number of likely N-dealkylation sites (N-methyl/N-ethyl adjacent to an activating group) is 1. The molecule has 0 saturated carbocycles. The predicted molar refractivity (Wildman–Crippen MR) is 136 cm³/mol. The summed E-state index contributed by atoms with van der Waals surface area (Å²) in [4.78, 5) is 17.1. The molecule has 1 amide bonds. The van der Waals surface area contributed by atoms with Crippen LogP contribution in [0.2, 0.25) is 0 Å². The van der Waals surface area contributed by atoms with Gasteiger partial charge in [-0.3, -0.25) is 4.79 Å². The van der Waals surface area contributed by atoms with Gasteiger partial charge in [0, 0.05) is 38.1 Å². The van der Waals surface area contributed by atoms with Crippen LogP contribution in [0.1, 0.15) is 18.2 Å². The molecule has 1 heterocycles. The number of nitrogens with one attached hydrogen (secondary N) is 1. The van der Waals surface area contributed by atoms with Gasteiger partial charge in [0.25, 0.3) is 5.91 Å². The Labute approximate surface area is 201 Å².